The molecule has 0 aromatic heterocycles. The standard InChI is InChI=1S/C9H8ClF2NO/c10-8-6(11)1-2-7(12)9(8)14-5-3-13-4-5/h1-2,5,13H,3-4H2. The van der Waals surface area contributed by atoms with Gasteiger partial charge in [0.25, 0.3) is 0 Å². The van der Waals surface area contributed by atoms with Gasteiger partial charge in [-0.25, -0.2) is 8.78 Å². The number of benzene rings is 1. The molecule has 1 saturated heterocycles. The third-order valence-corrected chi connectivity index (χ3v) is 2.38. The number of hydrogen-bond donors (Lipinski definition) is 1. The quantitative estimate of drug-likeness (QED) is 0.768. The minimum Gasteiger partial charge on any atom is -0.483 e. The third kappa shape index (κ3) is 1.67. The Labute approximate surface area is 84.8 Å². The summed E-state index contributed by atoms with van der Waals surface area (Å²) in [5.74, 6) is -1.50. The Morgan fingerprint density at radius 3 is 2.50 bits per heavy atom. The van der Waals surface area contributed by atoms with Gasteiger partial charge in [-0.2, -0.15) is 0 Å². The highest BCUT2D eigenvalue weighted by molar-refractivity contribution is 6.32. The molecule has 1 aliphatic rings. The van der Waals surface area contributed by atoms with E-state index in [0.29, 0.717) is 13.1 Å². The van der Waals surface area contributed by atoms with E-state index >= 15 is 0 Å². The molecule has 14 heavy (non-hydrogen) atoms. The van der Waals surface area contributed by atoms with Crippen LogP contribution in [0.25, 0.3) is 0 Å². The van der Waals surface area contributed by atoms with Gasteiger partial charge in [0.15, 0.2) is 11.6 Å². The molecule has 0 saturated carbocycles. The van der Waals surface area contributed by atoms with Gasteiger partial charge in [-0.3, -0.25) is 0 Å². The van der Waals surface area contributed by atoms with E-state index in [2.05, 4.69) is 5.32 Å². The normalized spacial score (nSPS) is 16.5. The first-order chi connectivity index (χ1) is 6.68. The van der Waals surface area contributed by atoms with Gasteiger partial charge in [-0.05, 0) is 12.1 Å². The highest BCUT2D eigenvalue weighted by atomic mass is 35.5. The molecular weight excluding hydrogens is 212 g/mol. The van der Waals surface area contributed by atoms with Crippen molar-refractivity contribution < 1.29 is 13.5 Å². The van der Waals surface area contributed by atoms with E-state index in [1.165, 1.54) is 0 Å². The summed E-state index contributed by atoms with van der Waals surface area (Å²) in [6, 6.07) is 1.98. The Morgan fingerprint density at radius 1 is 1.29 bits per heavy atom. The van der Waals surface area contributed by atoms with Crippen LogP contribution >= 0.6 is 11.6 Å². The molecule has 0 radical (unpaired) electrons. The van der Waals surface area contributed by atoms with E-state index in [0.717, 1.165) is 12.1 Å². The Kier molecular flexibility index (Phi) is 2.56. The number of rotatable bonds is 2. The van der Waals surface area contributed by atoms with Crippen LogP contribution < -0.4 is 10.1 Å². The van der Waals surface area contributed by atoms with Gasteiger partial charge in [-0.1, -0.05) is 11.6 Å². The van der Waals surface area contributed by atoms with Crippen LogP contribution in [0.1, 0.15) is 0 Å². The van der Waals surface area contributed by atoms with E-state index in [4.69, 9.17) is 16.3 Å². The van der Waals surface area contributed by atoms with Crippen LogP contribution in [0.5, 0.6) is 5.75 Å². The van der Waals surface area contributed by atoms with Crippen LogP contribution in [0, 0.1) is 11.6 Å². The average molecular weight is 220 g/mol. The Morgan fingerprint density at radius 2 is 1.93 bits per heavy atom. The van der Waals surface area contributed by atoms with Gasteiger partial charge >= 0.3 is 0 Å². The largest absolute Gasteiger partial charge is 0.483 e. The first-order valence-corrected chi connectivity index (χ1v) is 4.57. The fourth-order valence-electron chi connectivity index (χ4n) is 1.13. The van der Waals surface area contributed by atoms with Crippen LogP contribution in [-0.2, 0) is 0 Å². The fraction of sp³-hybridized carbons (Fsp3) is 0.333. The zero-order valence-corrected chi connectivity index (χ0v) is 7.94. The molecule has 0 spiro atoms. The molecule has 1 heterocycles. The number of nitrogens with one attached hydrogen (secondary N) is 1. The van der Waals surface area contributed by atoms with Crippen molar-refractivity contribution in [3.05, 3.63) is 28.8 Å². The van der Waals surface area contributed by atoms with E-state index in [-0.39, 0.29) is 16.9 Å². The monoisotopic (exact) mass is 219 g/mol. The SMILES string of the molecule is Fc1ccc(F)c(OC2CNC2)c1Cl. The molecule has 5 heteroatoms. The van der Waals surface area contributed by atoms with Gasteiger partial charge in [-0.15, -0.1) is 0 Å². The lowest BCUT2D eigenvalue weighted by Gasteiger charge is -2.28. The van der Waals surface area contributed by atoms with Crippen LogP contribution in [0.2, 0.25) is 5.02 Å². The van der Waals surface area contributed by atoms with Gasteiger partial charge in [0.05, 0.1) is 0 Å². The summed E-state index contributed by atoms with van der Waals surface area (Å²) in [4.78, 5) is 0. The van der Waals surface area contributed by atoms with E-state index in [1.54, 1.807) is 0 Å². The van der Waals surface area contributed by atoms with Crippen molar-refractivity contribution in [1.29, 1.82) is 0 Å². The molecule has 2 rings (SSSR count). The molecule has 0 aliphatic carbocycles. The van der Waals surface area contributed by atoms with Crippen molar-refractivity contribution in [2.24, 2.45) is 0 Å². The van der Waals surface area contributed by atoms with Crippen LogP contribution in [0.4, 0.5) is 8.78 Å². The van der Waals surface area contributed by atoms with E-state index in [1.807, 2.05) is 0 Å². The maximum Gasteiger partial charge on any atom is 0.177 e. The molecule has 1 aromatic carbocycles. The summed E-state index contributed by atoms with van der Waals surface area (Å²) in [5.41, 5.74) is 0. The summed E-state index contributed by atoms with van der Waals surface area (Å²) in [5, 5.41) is 2.66. The Bertz CT molecular complexity index is 355. The number of hydrogen-bond acceptors (Lipinski definition) is 2. The smallest absolute Gasteiger partial charge is 0.177 e. The lowest BCUT2D eigenvalue weighted by atomic mass is 10.2. The minimum absolute atomic E-state index is 0.121. The molecule has 1 aliphatic heterocycles. The highest BCUT2D eigenvalue weighted by Gasteiger charge is 2.22. The van der Waals surface area contributed by atoms with Crippen LogP contribution in [0.3, 0.4) is 0 Å². The van der Waals surface area contributed by atoms with Crippen molar-refractivity contribution in [3.63, 3.8) is 0 Å². The molecule has 0 atom stereocenters. The zero-order chi connectivity index (χ0) is 10.1. The lowest BCUT2D eigenvalue weighted by Crippen LogP contribution is -2.50. The van der Waals surface area contributed by atoms with Crippen molar-refractivity contribution in [3.8, 4) is 5.75 Å². The average Bonchev–Trinajstić information content (AvgIpc) is 2.09. The summed E-state index contributed by atoms with van der Waals surface area (Å²) >= 11 is 5.56. The second-order valence-corrected chi connectivity index (χ2v) is 3.45. The summed E-state index contributed by atoms with van der Waals surface area (Å²) in [6.45, 7) is 1.26. The lowest BCUT2D eigenvalue weighted by molar-refractivity contribution is 0.136. The molecule has 0 bridgehead atoms. The van der Waals surface area contributed by atoms with E-state index in [9.17, 15) is 8.78 Å². The minimum atomic E-state index is -0.671. The Hall–Kier alpha value is -0.870. The van der Waals surface area contributed by atoms with Crippen molar-refractivity contribution in [2.45, 2.75) is 6.10 Å². The molecule has 76 valence electrons. The van der Waals surface area contributed by atoms with Gasteiger partial charge < -0.3 is 10.1 Å². The number of halogens is 3. The first-order valence-electron chi connectivity index (χ1n) is 4.19. The van der Waals surface area contributed by atoms with Gasteiger partial charge in [0.2, 0.25) is 0 Å². The second-order valence-electron chi connectivity index (χ2n) is 3.07. The zero-order valence-electron chi connectivity index (χ0n) is 7.19. The molecule has 1 aromatic rings. The molecule has 1 N–H and O–H groups in total. The summed E-state index contributed by atoms with van der Waals surface area (Å²) < 4.78 is 31.3. The van der Waals surface area contributed by atoms with Crippen LogP contribution in [-0.4, -0.2) is 19.2 Å². The Balaban J connectivity index is 2.25. The molecule has 0 unspecified atom stereocenters. The van der Waals surface area contributed by atoms with Gasteiger partial charge in [0.1, 0.15) is 16.9 Å². The predicted molar refractivity (Wildman–Crippen MR) is 48.7 cm³/mol. The summed E-state index contributed by atoms with van der Waals surface area (Å²) in [6.07, 6.45) is -0.121. The van der Waals surface area contributed by atoms with E-state index < -0.39 is 11.6 Å². The predicted octanol–water partition coefficient (Wildman–Crippen LogP) is 1.97. The maximum atomic E-state index is 13.2. The topological polar surface area (TPSA) is 21.3 Å². The molecule has 1 fully saturated rings. The van der Waals surface area contributed by atoms with Gasteiger partial charge in [0, 0.05) is 13.1 Å². The van der Waals surface area contributed by atoms with Crippen molar-refractivity contribution in [2.75, 3.05) is 13.1 Å². The highest BCUT2D eigenvalue weighted by Crippen LogP contribution is 2.31. The van der Waals surface area contributed by atoms with Crippen molar-refractivity contribution in [1.82, 2.24) is 5.32 Å². The second kappa shape index (κ2) is 3.71. The third-order valence-electron chi connectivity index (χ3n) is 2.03. The van der Waals surface area contributed by atoms with Crippen molar-refractivity contribution >= 4 is 11.6 Å². The molecule has 0 amide bonds. The first kappa shape index (κ1) is 9.68. The maximum absolute atomic E-state index is 13.2. The fourth-order valence-corrected chi connectivity index (χ4v) is 1.33. The molecule has 2 nitrogen and oxygen atoms in total. The summed E-state index contributed by atoms with van der Waals surface area (Å²) in [7, 11) is 0. The molecular formula is C9H8ClF2NO. The number of ether oxygens (including phenoxy) is 1. The van der Waals surface area contributed by atoms with Crippen LogP contribution in [0.15, 0.2) is 12.1 Å².